The number of fused-ring (bicyclic) bond motifs is 1. The Morgan fingerprint density at radius 2 is 1.97 bits per heavy atom. The second kappa shape index (κ2) is 8.51. The smallest absolute Gasteiger partial charge is 0.231 e. The van der Waals surface area contributed by atoms with Gasteiger partial charge in [0.1, 0.15) is 17.2 Å². The van der Waals surface area contributed by atoms with Crippen molar-refractivity contribution in [3.05, 3.63) is 53.7 Å². The van der Waals surface area contributed by atoms with E-state index < -0.39 is 0 Å². The Labute approximate surface area is 181 Å². The molecular weight excluding hydrogens is 396 g/mol. The minimum absolute atomic E-state index is 0.135. The lowest BCUT2D eigenvalue weighted by atomic mass is 10.0. The van der Waals surface area contributed by atoms with Gasteiger partial charge in [0.15, 0.2) is 17.3 Å². The minimum Gasteiger partial charge on any atom is -0.507 e. The molecule has 0 aliphatic carbocycles. The molecule has 5 rings (SSSR count). The van der Waals surface area contributed by atoms with Crippen LogP contribution in [0.4, 0.5) is 0 Å². The van der Waals surface area contributed by atoms with E-state index in [0.717, 1.165) is 54.1 Å². The normalized spacial score (nSPS) is 18.7. The molecule has 3 aromatic rings. The lowest BCUT2D eigenvalue weighted by molar-refractivity contribution is 0.174. The van der Waals surface area contributed by atoms with Crippen LogP contribution in [-0.4, -0.2) is 35.6 Å². The second-order valence-corrected chi connectivity index (χ2v) is 8.01. The molecule has 3 heterocycles. The fourth-order valence-electron chi connectivity index (χ4n) is 4.35. The van der Waals surface area contributed by atoms with E-state index in [1.807, 2.05) is 36.4 Å². The minimum atomic E-state index is 0.135. The van der Waals surface area contributed by atoms with Gasteiger partial charge in [-0.15, -0.1) is 0 Å². The van der Waals surface area contributed by atoms with Crippen molar-refractivity contribution in [2.75, 3.05) is 20.4 Å². The van der Waals surface area contributed by atoms with Crippen molar-refractivity contribution in [2.24, 2.45) is 0 Å². The Morgan fingerprint density at radius 1 is 1.06 bits per heavy atom. The fourth-order valence-corrected chi connectivity index (χ4v) is 4.35. The molecule has 0 spiro atoms. The van der Waals surface area contributed by atoms with Crippen LogP contribution in [0.5, 0.6) is 23.0 Å². The van der Waals surface area contributed by atoms with Gasteiger partial charge in [0.05, 0.1) is 13.2 Å². The van der Waals surface area contributed by atoms with Crippen molar-refractivity contribution in [1.29, 1.82) is 0 Å². The summed E-state index contributed by atoms with van der Waals surface area (Å²) in [6, 6.07) is 13.4. The van der Waals surface area contributed by atoms with E-state index in [1.165, 1.54) is 6.42 Å². The number of nitrogens with zero attached hydrogens (tertiary/aromatic N) is 2. The molecule has 1 aromatic heterocycles. The van der Waals surface area contributed by atoms with Gasteiger partial charge in [-0.2, -0.15) is 0 Å². The number of aromatic hydroxyl groups is 1. The van der Waals surface area contributed by atoms with E-state index in [0.29, 0.717) is 18.1 Å². The van der Waals surface area contributed by atoms with E-state index in [2.05, 4.69) is 10.1 Å². The number of likely N-dealkylation sites (tertiary alicyclic amines) is 1. The maximum absolute atomic E-state index is 10.4. The van der Waals surface area contributed by atoms with Gasteiger partial charge in [-0.25, -0.2) is 0 Å². The molecule has 2 aromatic carbocycles. The Morgan fingerprint density at radius 3 is 2.84 bits per heavy atom. The number of methoxy groups -OCH3 is 1. The number of benzene rings is 2. The molecule has 1 saturated heterocycles. The summed E-state index contributed by atoms with van der Waals surface area (Å²) in [4.78, 5) is 2.38. The first-order chi connectivity index (χ1) is 15.2. The maximum Gasteiger partial charge on any atom is 0.231 e. The van der Waals surface area contributed by atoms with Gasteiger partial charge in [-0.1, -0.05) is 24.1 Å². The zero-order valence-electron chi connectivity index (χ0n) is 17.5. The van der Waals surface area contributed by atoms with E-state index in [4.69, 9.17) is 18.7 Å². The summed E-state index contributed by atoms with van der Waals surface area (Å²) in [7, 11) is 1.60. The maximum atomic E-state index is 10.4. The van der Waals surface area contributed by atoms with Gasteiger partial charge in [0.25, 0.3) is 0 Å². The van der Waals surface area contributed by atoms with Gasteiger partial charge >= 0.3 is 0 Å². The molecule has 1 N–H and O–H groups in total. The van der Waals surface area contributed by atoms with E-state index in [9.17, 15) is 5.11 Å². The zero-order valence-corrected chi connectivity index (χ0v) is 17.5. The van der Waals surface area contributed by atoms with Crippen LogP contribution >= 0.6 is 0 Å². The number of hydrogen-bond donors (Lipinski definition) is 1. The first-order valence-corrected chi connectivity index (χ1v) is 10.7. The number of hydrogen-bond acceptors (Lipinski definition) is 7. The molecule has 2 aliphatic rings. The predicted molar refractivity (Wildman–Crippen MR) is 114 cm³/mol. The van der Waals surface area contributed by atoms with Crippen LogP contribution < -0.4 is 14.2 Å². The average Bonchev–Trinajstić information content (AvgIpc) is 3.40. The van der Waals surface area contributed by atoms with Crippen LogP contribution in [0, 0.1) is 0 Å². The third kappa shape index (κ3) is 4.05. The van der Waals surface area contributed by atoms with Crippen molar-refractivity contribution in [1.82, 2.24) is 10.1 Å². The molecule has 1 atom stereocenters. The molecule has 2 aliphatic heterocycles. The van der Waals surface area contributed by atoms with Gasteiger partial charge < -0.3 is 23.8 Å². The summed E-state index contributed by atoms with van der Waals surface area (Å²) in [5.74, 6) is 3.09. The molecule has 7 nitrogen and oxygen atoms in total. The first kappa shape index (κ1) is 19.8. The topological polar surface area (TPSA) is 77.2 Å². The number of phenols is 1. The molecular formula is C24H26N2O5. The Bertz CT molecular complexity index is 1060. The molecule has 1 unspecified atom stereocenters. The fraction of sp³-hybridized carbons (Fsp3) is 0.375. The number of rotatable bonds is 5. The second-order valence-electron chi connectivity index (χ2n) is 8.01. The molecule has 31 heavy (non-hydrogen) atoms. The highest BCUT2D eigenvalue weighted by Crippen LogP contribution is 2.38. The summed E-state index contributed by atoms with van der Waals surface area (Å²) in [6.45, 7) is 1.84. The predicted octanol–water partition coefficient (Wildman–Crippen LogP) is 4.90. The lowest BCUT2D eigenvalue weighted by Gasteiger charge is -2.28. The summed E-state index contributed by atoms with van der Waals surface area (Å²) >= 11 is 0. The molecule has 0 amide bonds. The SMILES string of the molecule is COc1ccc(CN2CCCCCC2c2cc(-c3ccc4c(c3)OCO4)on2)c(O)c1. The highest BCUT2D eigenvalue weighted by atomic mass is 16.7. The van der Waals surface area contributed by atoms with Crippen molar-refractivity contribution >= 4 is 0 Å². The zero-order chi connectivity index (χ0) is 21.2. The average molecular weight is 422 g/mol. The third-order valence-corrected chi connectivity index (χ3v) is 6.06. The highest BCUT2D eigenvalue weighted by Gasteiger charge is 2.27. The van der Waals surface area contributed by atoms with Crippen LogP contribution in [0.15, 0.2) is 47.0 Å². The van der Waals surface area contributed by atoms with E-state index in [1.54, 1.807) is 13.2 Å². The van der Waals surface area contributed by atoms with Crippen molar-refractivity contribution in [2.45, 2.75) is 38.3 Å². The quantitative estimate of drug-likeness (QED) is 0.626. The van der Waals surface area contributed by atoms with Crippen LogP contribution in [-0.2, 0) is 6.54 Å². The number of aromatic nitrogens is 1. The van der Waals surface area contributed by atoms with E-state index >= 15 is 0 Å². The summed E-state index contributed by atoms with van der Waals surface area (Å²) < 4.78 is 21.8. The van der Waals surface area contributed by atoms with Crippen LogP contribution in [0.2, 0.25) is 0 Å². The summed E-state index contributed by atoms with van der Waals surface area (Å²) in [5, 5.41) is 14.9. The Balaban J connectivity index is 1.39. The summed E-state index contributed by atoms with van der Waals surface area (Å²) in [5.41, 5.74) is 2.71. The van der Waals surface area contributed by atoms with Gasteiger partial charge in [0.2, 0.25) is 6.79 Å². The van der Waals surface area contributed by atoms with Crippen molar-refractivity contribution in [3.63, 3.8) is 0 Å². The Kier molecular flexibility index (Phi) is 5.42. The number of phenolic OH excluding ortho intramolecular Hbond substituents is 1. The van der Waals surface area contributed by atoms with Crippen LogP contribution in [0.25, 0.3) is 11.3 Å². The van der Waals surface area contributed by atoms with E-state index in [-0.39, 0.29) is 18.6 Å². The largest absolute Gasteiger partial charge is 0.507 e. The van der Waals surface area contributed by atoms with Crippen molar-refractivity contribution < 1.29 is 23.8 Å². The third-order valence-electron chi connectivity index (χ3n) is 6.06. The van der Waals surface area contributed by atoms with Crippen LogP contribution in [0.1, 0.15) is 43.0 Å². The Hall–Kier alpha value is -3.19. The van der Waals surface area contributed by atoms with Gasteiger partial charge in [0, 0.05) is 29.8 Å². The first-order valence-electron chi connectivity index (χ1n) is 10.7. The highest BCUT2D eigenvalue weighted by molar-refractivity contribution is 5.63. The molecule has 1 fully saturated rings. The number of ether oxygens (including phenoxy) is 3. The molecule has 7 heteroatoms. The monoisotopic (exact) mass is 422 g/mol. The van der Waals surface area contributed by atoms with Gasteiger partial charge in [-0.05, 0) is 43.7 Å². The standard InChI is InChI=1S/C24H26N2O5/c1-28-18-8-6-17(21(27)12-18)14-26-10-4-2-3-5-20(26)19-13-23(31-25-19)16-7-9-22-24(11-16)30-15-29-22/h6-9,11-13,20,27H,2-5,10,14-15H2,1H3. The molecule has 0 bridgehead atoms. The molecule has 0 saturated carbocycles. The molecule has 0 radical (unpaired) electrons. The van der Waals surface area contributed by atoms with Gasteiger partial charge in [-0.3, -0.25) is 4.90 Å². The van der Waals surface area contributed by atoms with Crippen LogP contribution in [0.3, 0.4) is 0 Å². The van der Waals surface area contributed by atoms with Crippen molar-refractivity contribution in [3.8, 4) is 34.3 Å². The molecule has 162 valence electrons. The summed E-state index contributed by atoms with van der Waals surface area (Å²) in [6.07, 6.45) is 4.46. The lowest BCUT2D eigenvalue weighted by Crippen LogP contribution is -2.28.